The molecule has 0 aromatic heterocycles. The summed E-state index contributed by atoms with van der Waals surface area (Å²) >= 11 is 9.50. The van der Waals surface area contributed by atoms with Gasteiger partial charge in [-0.05, 0) is 56.9 Å². The summed E-state index contributed by atoms with van der Waals surface area (Å²) in [6.45, 7) is 1.65. The van der Waals surface area contributed by atoms with Crippen molar-refractivity contribution in [1.29, 1.82) is 0 Å². The zero-order valence-corrected chi connectivity index (χ0v) is 26.2. The third kappa shape index (κ3) is 9.36. The standard InChI is InChI=1S/C35H34BrClO6/c1-38-35-34(42-23-28-14-18-30(37)19-15-28)33(41-22-26-10-6-3-7-11-26)32(40-21-25-8-4-2-5-9-25)31(43-35)24-39-20-27-12-16-29(36)17-13-27/h2-12,14-16,18-19,31-35H,20-24H2,1H3/t31?,32-,33+,34?,35+/m0/s1. The molecular weight excluding hydrogens is 632 g/mol. The quantitative estimate of drug-likeness (QED) is 0.141. The zero-order valence-electron chi connectivity index (χ0n) is 23.9. The van der Waals surface area contributed by atoms with E-state index in [4.69, 9.17) is 40.0 Å². The number of benzene rings is 3. The second-order valence-corrected chi connectivity index (χ2v) is 11.5. The van der Waals surface area contributed by atoms with Crippen LogP contribution in [-0.4, -0.2) is 44.4 Å². The van der Waals surface area contributed by atoms with Crippen molar-refractivity contribution in [3.05, 3.63) is 141 Å². The average Bonchev–Trinajstić information content (AvgIpc) is 3.05. The van der Waals surface area contributed by atoms with Crippen LogP contribution in [0.5, 0.6) is 0 Å². The van der Waals surface area contributed by atoms with Gasteiger partial charge in [-0.1, -0.05) is 96.5 Å². The van der Waals surface area contributed by atoms with Crippen LogP contribution in [0.15, 0.2) is 102 Å². The van der Waals surface area contributed by atoms with Crippen molar-refractivity contribution in [3.63, 3.8) is 0 Å². The molecule has 5 atom stereocenters. The minimum atomic E-state index is -0.717. The molecule has 1 fully saturated rings. The Hall–Kier alpha value is -2.77. The lowest BCUT2D eigenvalue weighted by Gasteiger charge is -2.45. The number of ether oxygens (including phenoxy) is 6. The lowest BCUT2D eigenvalue weighted by Crippen LogP contribution is -2.61. The Kier molecular flexibility index (Phi) is 12.0. The number of hydrogen-bond acceptors (Lipinski definition) is 6. The van der Waals surface area contributed by atoms with Gasteiger partial charge in [-0.25, -0.2) is 0 Å². The summed E-state index contributed by atoms with van der Waals surface area (Å²) in [5, 5.41) is 0.666. The first-order valence-electron chi connectivity index (χ1n) is 14.1. The second-order valence-electron chi connectivity index (χ2n) is 10.2. The van der Waals surface area contributed by atoms with Gasteiger partial charge in [0.2, 0.25) is 0 Å². The van der Waals surface area contributed by atoms with Gasteiger partial charge in [0.05, 0.1) is 37.5 Å². The summed E-state index contributed by atoms with van der Waals surface area (Å²) in [6.07, 6.45) is -2.85. The van der Waals surface area contributed by atoms with Crippen molar-refractivity contribution in [2.45, 2.75) is 57.1 Å². The van der Waals surface area contributed by atoms with E-state index in [2.05, 4.69) is 28.1 Å². The highest BCUT2D eigenvalue weighted by Crippen LogP contribution is 2.31. The van der Waals surface area contributed by atoms with Crippen LogP contribution < -0.4 is 0 Å². The zero-order chi connectivity index (χ0) is 29.9. The van der Waals surface area contributed by atoms with E-state index in [0.29, 0.717) is 31.5 Å². The molecule has 1 aliphatic heterocycles. The molecule has 5 rings (SSSR count). The first kappa shape index (κ1) is 31.6. The van der Waals surface area contributed by atoms with Crippen LogP contribution >= 0.6 is 27.5 Å². The van der Waals surface area contributed by atoms with Gasteiger partial charge in [0.1, 0.15) is 24.4 Å². The van der Waals surface area contributed by atoms with Gasteiger partial charge in [0.25, 0.3) is 0 Å². The predicted molar refractivity (Wildman–Crippen MR) is 167 cm³/mol. The van der Waals surface area contributed by atoms with Crippen molar-refractivity contribution in [1.82, 2.24) is 0 Å². The smallest absolute Gasteiger partial charge is 0.186 e. The molecule has 1 saturated heterocycles. The molecular formula is C35H34BrClO6. The van der Waals surface area contributed by atoms with E-state index >= 15 is 0 Å². The Morgan fingerprint density at radius 1 is 0.674 bits per heavy atom. The maximum absolute atomic E-state index is 6.63. The fourth-order valence-electron chi connectivity index (χ4n) is 4.84. The van der Waals surface area contributed by atoms with Gasteiger partial charge in [0.15, 0.2) is 6.29 Å². The summed E-state index contributed by atoms with van der Waals surface area (Å²) in [7, 11) is 1.60. The lowest BCUT2D eigenvalue weighted by atomic mass is 9.97. The van der Waals surface area contributed by atoms with Crippen LogP contribution in [0.4, 0.5) is 0 Å². The van der Waals surface area contributed by atoms with Crippen molar-refractivity contribution in [2.75, 3.05) is 13.7 Å². The SMILES string of the molecule is CO[C@@H]1OC(COCc2c#cc(Br)cc2)[C@H](OCc2ccccc2)[C@@H](OCc2ccccc2)C1OCc1ccc(Cl)cc1. The maximum Gasteiger partial charge on any atom is 0.186 e. The molecule has 1 aliphatic rings. The fourth-order valence-corrected chi connectivity index (χ4v) is 5.20. The van der Waals surface area contributed by atoms with Crippen molar-refractivity contribution in [2.24, 2.45) is 0 Å². The second kappa shape index (κ2) is 16.3. The van der Waals surface area contributed by atoms with E-state index in [1.807, 2.05) is 97.1 Å². The average molecular weight is 666 g/mol. The van der Waals surface area contributed by atoms with Gasteiger partial charge in [-0.15, -0.1) is 0 Å². The molecule has 2 unspecified atom stereocenters. The maximum atomic E-state index is 6.63. The Labute approximate surface area is 266 Å². The Morgan fingerprint density at radius 2 is 1.26 bits per heavy atom. The van der Waals surface area contributed by atoms with E-state index in [1.54, 1.807) is 7.11 Å². The van der Waals surface area contributed by atoms with Crippen LogP contribution in [0, 0.1) is 12.1 Å². The number of hydrogen-bond donors (Lipinski definition) is 0. The van der Waals surface area contributed by atoms with Crippen molar-refractivity contribution < 1.29 is 28.4 Å². The van der Waals surface area contributed by atoms with Crippen LogP contribution in [0.25, 0.3) is 0 Å². The number of rotatable bonds is 14. The molecule has 4 aromatic carbocycles. The molecule has 0 amide bonds. The topological polar surface area (TPSA) is 55.4 Å². The van der Waals surface area contributed by atoms with Crippen molar-refractivity contribution >= 4 is 27.5 Å². The summed E-state index contributed by atoms with van der Waals surface area (Å²) in [5.74, 6) is 0. The summed E-state index contributed by atoms with van der Waals surface area (Å²) in [4.78, 5) is 0. The van der Waals surface area contributed by atoms with Gasteiger partial charge in [-0.3, -0.25) is 0 Å². The molecule has 4 aromatic rings. The van der Waals surface area contributed by atoms with Gasteiger partial charge < -0.3 is 28.4 Å². The van der Waals surface area contributed by atoms with Gasteiger partial charge >= 0.3 is 0 Å². The van der Waals surface area contributed by atoms with E-state index in [9.17, 15) is 0 Å². The van der Waals surface area contributed by atoms with Crippen LogP contribution in [0.2, 0.25) is 5.02 Å². The molecule has 1 heterocycles. The Bertz CT molecular complexity index is 1360. The first-order chi connectivity index (χ1) is 21.1. The van der Waals surface area contributed by atoms with Crippen LogP contribution in [0.3, 0.4) is 0 Å². The third-order valence-electron chi connectivity index (χ3n) is 7.06. The van der Waals surface area contributed by atoms with Crippen LogP contribution in [0.1, 0.15) is 22.3 Å². The minimum Gasteiger partial charge on any atom is -0.373 e. The first-order valence-corrected chi connectivity index (χ1v) is 15.3. The highest BCUT2D eigenvalue weighted by molar-refractivity contribution is 9.10. The van der Waals surface area contributed by atoms with E-state index in [-0.39, 0.29) is 6.61 Å². The number of halogens is 2. The van der Waals surface area contributed by atoms with Crippen molar-refractivity contribution in [3.8, 4) is 0 Å². The molecule has 0 saturated carbocycles. The van der Waals surface area contributed by atoms with E-state index in [1.165, 1.54) is 0 Å². The summed E-state index contributed by atoms with van der Waals surface area (Å²) in [6, 6.07) is 37.6. The normalized spacial score (nSPS) is 21.8. The Morgan fingerprint density at radius 3 is 1.84 bits per heavy atom. The molecule has 0 N–H and O–H groups in total. The van der Waals surface area contributed by atoms with Gasteiger partial charge in [-0.2, -0.15) is 0 Å². The molecule has 0 aliphatic carbocycles. The highest BCUT2D eigenvalue weighted by atomic mass is 79.9. The monoisotopic (exact) mass is 664 g/mol. The Balaban J connectivity index is 1.38. The summed E-state index contributed by atoms with van der Waals surface area (Å²) < 4.78 is 39.0. The molecule has 8 heteroatoms. The van der Waals surface area contributed by atoms with E-state index < -0.39 is 30.7 Å². The molecule has 0 radical (unpaired) electrons. The molecule has 43 heavy (non-hydrogen) atoms. The molecule has 224 valence electrons. The van der Waals surface area contributed by atoms with E-state index in [0.717, 1.165) is 26.7 Å². The molecule has 6 nitrogen and oxygen atoms in total. The summed E-state index contributed by atoms with van der Waals surface area (Å²) in [5.41, 5.74) is 3.92. The number of methoxy groups -OCH3 is 1. The van der Waals surface area contributed by atoms with Crippen LogP contribution in [-0.2, 0) is 54.8 Å². The van der Waals surface area contributed by atoms with Gasteiger partial charge in [0, 0.05) is 17.7 Å². The highest BCUT2D eigenvalue weighted by Gasteiger charge is 2.48. The third-order valence-corrected chi connectivity index (χ3v) is 7.78. The predicted octanol–water partition coefficient (Wildman–Crippen LogP) is 7.35. The largest absolute Gasteiger partial charge is 0.373 e. The fraction of sp³-hybridized carbons (Fsp3) is 0.314. The molecule has 0 spiro atoms. The molecule has 0 bridgehead atoms. The minimum absolute atomic E-state index is 0.248. The lowest BCUT2D eigenvalue weighted by molar-refractivity contribution is -0.323.